The first kappa shape index (κ1) is 9.64. The molecule has 0 aliphatic carbocycles. The van der Waals surface area contributed by atoms with Gasteiger partial charge in [-0.1, -0.05) is 35.8 Å². The van der Waals surface area contributed by atoms with Crippen LogP contribution in [0.15, 0.2) is 30.3 Å². The molecule has 2 amide bonds. The van der Waals surface area contributed by atoms with Gasteiger partial charge in [-0.2, -0.15) is 0 Å². The number of hydrogen-bond donors (Lipinski definition) is 2. The van der Waals surface area contributed by atoms with Crippen molar-refractivity contribution in [2.75, 3.05) is 6.54 Å². The van der Waals surface area contributed by atoms with Crippen molar-refractivity contribution in [3.63, 3.8) is 0 Å². The molecule has 0 fully saturated rings. The summed E-state index contributed by atoms with van der Waals surface area (Å²) in [7, 11) is 1.67. The Morgan fingerprint density at radius 2 is 2.08 bits per heavy atom. The average molecular weight is 175 g/mol. The van der Waals surface area contributed by atoms with Crippen LogP contribution < -0.4 is 16.0 Å². The third-order valence-corrected chi connectivity index (χ3v) is 1.51. The minimum absolute atomic E-state index is 0.175. The lowest BCUT2D eigenvalue weighted by Gasteiger charge is -2.03. The monoisotopic (exact) mass is 175 g/mol. The van der Waals surface area contributed by atoms with E-state index in [9.17, 15) is 4.79 Å². The second kappa shape index (κ2) is 5.24. The molecular weight excluding hydrogens is 163 g/mol. The molecule has 0 heterocycles. The highest BCUT2D eigenvalue weighted by atomic mass is 16.2. The molecule has 0 atom stereocenters. The first-order valence-corrected chi connectivity index (χ1v) is 4.25. The van der Waals surface area contributed by atoms with Gasteiger partial charge >= 0.3 is 6.03 Å². The van der Waals surface area contributed by atoms with E-state index in [1.54, 1.807) is 7.41 Å². The van der Waals surface area contributed by atoms with Gasteiger partial charge in [0, 0.05) is 6.54 Å². The van der Waals surface area contributed by atoms with Crippen LogP contribution in [0.25, 0.3) is 0 Å². The molecule has 1 rings (SSSR count). The van der Waals surface area contributed by atoms with Gasteiger partial charge in [0.1, 0.15) is 0 Å². The molecule has 0 aromatic heterocycles. The van der Waals surface area contributed by atoms with Crippen molar-refractivity contribution in [2.24, 2.45) is 0 Å². The average Bonchev–Trinajstić information content (AvgIpc) is 2.17. The van der Waals surface area contributed by atoms with Gasteiger partial charge in [0.05, 0.1) is 0 Å². The molecule has 1 aromatic carbocycles. The van der Waals surface area contributed by atoms with Crippen molar-refractivity contribution in [2.45, 2.75) is 6.92 Å². The Morgan fingerprint density at radius 1 is 1.38 bits per heavy atom. The summed E-state index contributed by atoms with van der Waals surface area (Å²) in [6, 6.07) is 9.45. The molecule has 1 radical (unpaired) electrons. The second-order valence-corrected chi connectivity index (χ2v) is 2.56. The number of benzene rings is 1. The number of hydrogen-bond acceptors (Lipinski definition) is 1. The summed E-state index contributed by atoms with van der Waals surface area (Å²) in [5.41, 5.74) is 0.980. The van der Waals surface area contributed by atoms with Crippen LogP contribution in [-0.4, -0.2) is 20.0 Å². The van der Waals surface area contributed by atoms with Crippen molar-refractivity contribution < 1.29 is 4.79 Å². The van der Waals surface area contributed by atoms with Gasteiger partial charge in [-0.05, 0) is 6.92 Å². The van der Waals surface area contributed by atoms with Gasteiger partial charge in [0.25, 0.3) is 7.41 Å². The smallest absolute Gasteiger partial charge is 0.302 e. The van der Waals surface area contributed by atoms with Crippen molar-refractivity contribution in [3.8, 4) is 0 Å². The summed E-state index contributed by atoms with van der Waals surface area (Å²) in [5, 5.41) is 5.26. The molecule has 4 heteroatoms. The number of carbonyl (C=O) groups is 1. The first-order chi connectivity index (χ1) is 6.33. The number of rotatable bonds is 3. The maximum Gasteiger partial charge on any atom is 0.302 e. The van der Waals surface area contributed by atoms with Crippen LogP contribution in [0.4, 0.5) is 4.79 Å². The number of urea groups is 1. The van der Waals surface area contributed by atoms with E-state index in [-0.39, 0.29) is 6.03 Å². The molecule has 2 N–H and O–H groups in total. The van der Waals surface area contributed by atoms with Gasteiger partial charge in [-0.3, -0.25) is 4.79 Å². The van der Waals surface area contributed by atoms with E-state index in [1.807, 2.05) is 37.3 Å². The molecule has 0 saturated carbocycles. The van der Waals surface area contributed by atoms with Crippen molar-refractivity contribution in [1.29, 1.82) is 0 Å². The third-order valence-electron chi connectivity index (χ3n) is 1.51. The summed E-state index contributed by atoms with van der Waals surface area (Å²) < 4.78 is 0. The fourth-order valence-electron chi connectivity index (χ4n) is 0.910. The van der Waals surface area contributed by atoms with Crippen LogP contribution >= 0.6 is 0 Å². The van der Waals surface area contributed by atoms with Crippen LogP contribution in [0, 0.1) is 0 Å². The highest BCUT2D eigenvalue weighted by Gasteiger charge is 1.99. The molecule has 1 aromatic rings. The molecule has 0 bridgehead atoms. The highest BCUT2D eigenvalue weighted by molar-refractivity contribution is 6.53. The molecule has 0 spiro atoms. The molecule has 0 aliphatic heterocycles. The lowest BCUT2D eigenvalue weighted by atomic mass is 9.83. The lowest BCUT2D eigenvalue weighted by Crippen LogP contribution is -2.41. The molecule has 3 nitrogen and oxygen atoms in total. The van der Waals surface area contributed by atoms with Crippen LogP contribution in [0.1, 0.15) is 6.92 Å². The van der Waals surface area contributed by atoms with Gasteiger partial charge in [0.2, 0.25) is 0 Å². The molecule has 67 valence electrons. The van der Waals surface area contributed by atoms with E-state index >= 15 is 0 Å². The quantitative estimate of drug-likeness (QED) is 0.635. The Bertz CT molecular complexity index is 264. The van der Waals surface area contributed by atoms with E-state index in [4.69, 9.17) is 0 Å². The zero-order valence-corrected chi connectivity index (χ0v) is 7.58. The fourth-order valence-corrected chi connectivity index (χ4v) is 0.910. The van der Waals surface area contributed by atoms with E-state index in [0.717, 1.165) is 5.46 Å². The maximum absolute atomic E-state index is 11.0. The minimum atomic E-state index is -0.175. The highest BCUT2D eigenvalue weighted by Crippen LogP contribution is 1.79. The summed E-state index contributed by atoms with van der Waals surface area (Å²) in [5.74, 6) is 0. The summed E-state index contributed by atoms with van der Waals surface area (Å²) in [6.45, 7) is 2.51. The largest absolute Gasteiger partial charge is 0.381 e. The lowest BCUT2D eigenvalue weighted by molar-refractivity contribution is 0.246. The molecule has 0 aliphatic rings. The normalized spacial score (nSPS) is 9.00. The molecule has 13 heavy (non-hydrogen) atoms. The Labute approximate surface area is 78.8 Å². The fraction of sp³-hybridized carbons (Fsp3) is 0.222. The predicted molar refractivity (Wildman–Crippen MR) is 54.0 cm³/mol. The van der Waals surface area contributed by atoms with Gasteiger partial charge in [0.15, 0.2) is 0 Å². The Morgan fingerprint density at radius 3 is 2.69 bits per heavy atom. The van der Waals surface area contributed by atoms with Gasteiger partial charge < -0.3 is 10.5 Å². The topological polar surface area (TPSA) is 41.1 Å². The summed E-state index contributed by atoms with van der Waals surface area (Å²) in [4.78, 5) is 11.0. The Hall–Kier alpha value is -1.45. The van der Waals surface area contributed by atoms with Crippen LogP contribution in [0.3, 0.4) is 0 Å². The third kappa shape index (κ3) is 3.65. The summed E-state index contributed by atoms with van der Waals surface area (Å²) in [6.07, 6.45) is 0. The maximum atomic E-state index is 11.0. The van der Waals surface area contributed by atoms with Crippen molar-refractivity contribution in [3.05, 3.63) is 30.3 Å². The second-order valence-electron chi connectivity index (χ2n) is 2.56. The van der Waals surface area contributed by atoms with E-state index < -0.39 is 0 Å². The standard InChI is InChI=1S/C9H12BN2O/c1-2-11-9(13)12-10-8-6-4-3-5-7-8/h3-7H,2H2,1H3,(H2,11,12,13). The van der Waals surface area contributed by atoms with E-state index in [2.05, 4.69) is 10.5 Å². The van der Waals surface area contributed by atoms with Gasteiger partial charge in [-0.25, -0.2) is 0 Å². The number of carbonyl (C=O) groups excluding carboxylic acids is 1. The SMILES string of the molecule is CCNC(=O)N[B]c1ccccc1. The van der Waals surface area contributed by atoms with Gasteiger partial charge in [-0.15, -0.1) is 0 Å². The predicted octanol–water partition coefficient (Wildman–Crippen LogP) is 0.250. The zero-order valence-electron chi connectivity index (χ0n) is 7.58. The summed E-state index contributed by atoms with van der Waals surface area (Å²) >= 11 is 0. The molecule has 0 saturated heterocycles. The van der Waals surface area contributed by atoms with Crippen molar-refractivity contribution in [1.82, 2.24) is 10.5 Å². The minimum Gasteiger partial charge on any atom is -0.381 e. The zero-order chi connectivity index (χ0) is 9.52. The Balaban J connectivity index is 2.31. The van der Waals surface area contributed by atoms with Crippen LogP contribution in [0.5, 0.6) is 0 Å². The molecular formula is C9H12BN2O. The first-order valence-electron chi connectivity index (χ1n) is 4.25. The van der Waals surface area contributed by atoms with Crippen molar-refractivity contribution >= 4 is 18.9 Å². The number of nitrogens with one attached hydrogen (secondary N) is 2. The van der Waals surface area contributed by atoms with E-state index in [1.165, 1.54) is 0 Å². The molecule has 0 unspecified atom stereocenters. The van der Waals surface area contributed by atoms with E-state index in [0.29, 0.717) is 6.54 Å². The van der Waals surface area contributed by atoms with Crippen LogP contribution in [-0.2, 0) is 0 Å². The number of amides is 2. The van der Waals surface area contributed by atoms with Crippen LogP contribution in [0.2, 0.25) is 0 Å². The Kier molecular flexibility index (Phi) is 3.89.